The average molecular weight is 140 g/mol. The summed E-state index contributed by atoms with van der Waals surface area (Å²) in [4.78, 5) is 11.0. The summed E-state index contributed by atoms with van der Waals surface area (Å²) in [5.74, 6) is 0.835. The van der Waals surface area contributed by atoms with Gasteiger partial charge in [0.1, 0.15) is 5.78 Å². The summed E-state index contributed by atoms with van der Waals surface area (Å²) in [5.41, 5.74) is -0.529. The Hall–Kier alpha value is -0.370. The van der Waals surface area contributed by atoms with Crippen LogP contribution in [0.5, 0.6) is 0 Å². The normalized spacial score (nSPS) is 52.4. The quantitative estimate of drug-likeness (QED) is 0.538. The van der Waals surface area contributed by atoms with Gasteiger partial charge in [0.25, 0.3) is 0 Å². The zero-order chi connectivity index (χ0) is 7.35. The highest BCUT2D eigenvalue weighted by atomic mass is 16.3. The Morgan fingerprint density at radius 2 is 2.40 bits per heavy atom. The summed E-state index contributed by atoms with van der Waals surface area (Å²) in [7, 11) is 0. The predicted molar refractivity (Wildman–Crippen MR) is 36.5 cm³/mol. The molecule has 0 aliphatic heterocycles. The first-order valence-corrected chi connectivity index (χ1v) is 3.85. The minimum absolute atomic E-state index is 0.194. The van der Waals surface area contributed by atoms with E-state index >= 15 is 0 Å². The van der Waals surface area contributed by atoms with Crippen molar-refractivity contribution in [2.24, 2.45) is 11.8 Å². The molecular formula is C8H12O2. The molecule has 0 heterocycles. The Kier molecular flexibility index (Phi) is 1.03. The fourth-order valence-electron chi connectivity index (χ4n) is 2.30. The Morgan fingerprint density at radius 3 is 2.70 bits per heavy atom. The number of aliphatic hydroxyl groups is 1. The molecule has 2 nitrogen and oxygen atoms in total. The molecule has 0 radical (unpaired) electrons. The van der Waals surface area contributed by atoms with Crippen LogP contribution in [0.25, 0.3) is 0 Å². The molecule has 2 bridgehead atoms. The lowest BCUT2D eigenvalue weighted by Gasteiger charge is -2.26. The molecule has 2 rings (SSSR count). The number of rotatable bonds is 0. The van der Waals surface area contributed by atoms with Gasteiger partial charge in [0.15, 0.2) is 0 Å². The van der Waals surface area contributed by atoms with E-state index in [0.29, 0.717) is 18.6 Å². The molecule has 3 atom stereocenters. The van der Waals surface area contributed by atoms with Crippen LogP contribution in [-0.2, 0) is 4.79 Å². The number of carbonyl (C=O) groups is 1. The molecular weight excluding hydrogens is 128 g/mol. The fraction of sp³-hybridized carbons (Fsp3) is 0.875. The van der Waals surface area contributed by atoms with Gasteiger partial charge in [-0.25, -0.2) is 0 Å². The van der Waals surface area contributed by atoms with Gasteiger partial charge >= 0.3 is 0 Å². The van der Waals surface area contributed by atoms with Crippen molar-refractivity contribution in [2.45, 2.75) is 31.8 Å². The summed E-state index contributed by atoms with van der Waals surface area (Å²) in [6.07, 6.45) is 2.26. The Morgan fingerprint density at radius 1 is 1.70 bits per heavy atom. The fourth-order valence-corrected chi connectivity index (χ4v) is 2.30. The van der Waals surface area contributed by atoms with Gasteiger partial charge in [-0.15, -0.1) is 0 Å². The summed E-state index contributed by atoms with van der Waals surface area (Å²) in [5, 5.41) is 9.65. The van der Waals surface area contributed by atoms with Gasteiger partial charge in [-0.1, -0.05) is 0 Å². The van der Waals surface area contributed by atoms with E-state index in [1.807, 2.05) is 6.92 Å². The van der Waals surface area contributed by atoms with E-state index in [1.54, 1.807) is 0 Å². The molecule has 2 heteroatoms. The first-order valence-electron chi connectivity index (χ1n) is 3.85. The minimum Gasteiger partial charge on any atom is -0.390 e. The van der Waals surface area contributed by atoms with Crippen molar-refractivity contribution >= 4 is 5.78 Å². The number of fused-ring (bicyclic) bond motifs is 2. The second-order valence-corrected chi connectivity index (χ2v) is 3.86. The molecule has 2 fully saturated rings. The van der Waals surface area contributed by atoms with Crippen molar-refractivity contribution in [3.8, 4) is 0 Å². The van der Waals surface area contributed by atoms with Gasteiger partial charge in [-0.3, -0.25) is 4.79 Å². The van der Waals surface area contributed by atoms with Crippen molar-refractivity contribution in [3.63, 3.8) is 0 Å². The third-order valence-electron chi connectivity index (χ3n) is 3.01. The second kappa shape index (κ2) is 1.62. The van der Waals surface area contributed by atoms with Gasteiger partial charge in [0, 0.05) is 12.3 Å². The maximum Gasteiger partial charge on any atom is 0.136 e. The first kappa shape index (κ1) is 6.35. The smallest absolute Gasteiger partial charge is 0.136 e. The van der Waals surface area contributed by atoms with Crippen molar-refractivity contribution < 1.29 is 9.90 Å². The van der Waals surface area contributed by atoms with E-state index in [0.717, 1.165) is 6.42 Å². The van der Waals surface area contributed by atoms with Crippen LogP contribution >= 0.6 is 0 Å². The maximum atomic E-state index is 11.0. The third kappa shape index (κ3) is 0.655. The number of carbonyl (C=O) groups excluding carboxylic acids is 1. The number of hydrogen-bond donors (Lipinski definition) is 1. The summed E-state index contributed by atoms with van der Waals surface area (Å²) in [6, 6.07) is 0. The Balaban J connectivity index is 2.24. The molecule has 2 saturated carbocycles. The van der Waals surface area contributed by atoms with Crippen LogP contribution in [0.1, 0.15) is 26.2 Å². The molecule has 1 N–H and O–H groups in total. The molecule has 10 heavy (non-hydrogen) atoms. The molecule has 0 aromatic rings. The summed E-state index contributed by atoms with van der Waals surface area (Å²) < 4.78 is 0. The van der Waals surface area contributed by atoms with Crippen molar-refractivity contribution in [1.82, 2.24) is 0 Å². The van der Waals surface area contributed by atoms with Gasteiger partial charge in [0.2, 0.25) is 0 Å². The highest BCUT2D eigenvalue weighted by Gasteiger charge is 2.51. The molecule has 0 unspecified atom stereocenters. The molecule has 0 spiro atoms. The molecule has 2 aliphatic rings. The number of hydrogen-bond acceptors (Lipinski definition) is 2. The molecule has 0 aromatic heterocycles. The maximum absolute atomic E-state index is 11.0. The van der Waals surface area contributed by atoms with E-state index in [9.17, 15) is 9.90 Å². The van der Waals surface area contributed by atoms with E-state index in [2.05, 4.69) is 0 Å². The zero-order valence-corrected chi connectivity index (χ0v) is 6.13. The predicted octanol–water partition coefficient (Wildman–Crippen LogP) is 0.736. The lowest BCUT2D eigenvalue weighted by Crippen LogP contribution is -2.33. The van der Waals surface area contributed by atoms with Gasteiger partial charge < -0.3 is 5.11 Å². The average Bonchev–Trinajstić information content (AvgIpc) is 2.21. The molecule has 2 aliphatic carbocycles. The van der Waals surface area contributed by atoms with Crippen molar-refractivity contribution in [2.75, 3.05) is 0 Å². The molecule has 0 aromatic carbocycles. The standard InChI is InChI=1S/C8H12O2/c1-8(10)4-5-2-6(8)3-7(5)9/h5-6,10H,2-4H2,1H3/t5-,6-,8+/m1/s1. The third-order valence-corrected chi connectivity index (χ3v) is 3.01. The topological polar surface area (TPSA) is 37.3 Å². The van der Waals surface area contributed by atoms with Crippen molar-refractivity contribution in [3.05, 3.63) is 0 Å². The molecule has 56 valence electrons. The highest BCUT2D eigenvalue weighted by molar-refractivity contribution is 5.84. The molecule has 0 saturated heterocycles. The summed E-state index contributed by atoms with van der Waals surface area (Å²) in [6.45, 7) is 1.85. The van der Waals surface area contributed by atoms with Gasteiger partial charge in [-0.05, 0) is 25.7 Å². The van der Waals surface area contributed by atoms with E-state index in [1.165, 1.54) is 0 Å². The second-order valence-electron chi connectivity index (χ2n) is 3.86. The van der Waals surface area contributed by atoms with E-state index in [-0.39, 0.29) is 11.8 Å². The highest BCUT2D eigenvalue weighted by Crippen LogP contribution is 2.48. The van der Waals surface area contributed by atoms with Gasteiger partial charge in [0.05, 0.1) is 5.60 Å². The SMILES string of the molecule is C[C@]1(O)C[C@H]2C[C@@H]1CC2=O. The summed E-state index contributed by atoms with van der Waals surface area (Å²) >= 11 is 0. The monoisotopic (exact) mass is 140 g/mol. The molecule has 0 amide bonds. The lowest BCUT2D eigenvalue weighted by molar-refractivity contribution is -0.125. The zero-order valence-electron chi connectivity index (χ0n) is 6.13. The number of ketones is 1. The first-order chi connectivity index (χ1) is 4.59. The lowest BCUT2D eigenvalue weighted by atomic mass is 9.85. The Labute approximate surface area is 60.2 Å². The van der Waals surface area contributed by atoms with Crippen LogP contribution in [0, 0.1) is 11.8 Å². The van der Waals surface area contributed by atoms with Crippen LogP contribution in [0.3, 0.4) is 0 Å². The van der Waals surface area contributed by atoms with Crippen molar-refractivity contribution in [1.29, 1.82) is 0 Å². The van der Waals surface area contributed by atoms with Gasteiger partial charge in [-0.2, -0.15) is 0 Å². The van der Waals surface area contributed by atoms with Crippen LogP contribution in [0.15, 0.2) is 0 Å². The largest absolute Gasteiger partial charge is 0.390 e. The van der Waals surface area contributed by atoms with Crippen LogP contribution in [0.4, 0.5) is 0 Å². The van der Waals surface area contributed by atoms with Crippen LogP contribution < -0.4 is 0 Å². The van der Waals surface area contributed by atoms with Crippen LogP contribution in [0.2, 0.25) is 0 Å². The number of Topliss-reactive ketones (excluding diaryl/α,β-unsaturated/α-hetero) is 1. The minimum atomic E-state index is -0.529. The Bertz CT molecular complexity index is 184. The van der Waals surface area contributed by atoms with E-state index < -0.39 is 5.60 Å². The van der Waals surface area contributed by atoms with Crippen LogP contribution in [-0.4, -0.2) is 16.5 Å². The van der Waals surface area contributed by atoms with E-state index in [4.69, 9.17) is 0 Å².